The number of amides is 1. The van der Waals surface area contributed by atoms with Crippen molar-refractivity contribution < 1.29 is 13.6 Å². The van der Waals surface area contributed by atoms with Gasteiger partial charge in [0, 0.05) is 0 Å². The van der Waals surface area contributed by atoms with Crippen molar-refractivity contribution in [3.63, 3.8) is 0 Å². The van der Waals surface area contributed by atoms with Crippen molar-refractivity contribution in [1.29, 1.82) is 0 Å². The summed E-state index contributed by atoms with van der Waals surface area (Å²) in [7, 11) is 0. The maximum atomic E-state index is 13.7. The van der Waals surface area contributed by atoms with Gasteiger partial charge >= 0.3 is 0 Å². The summed E-state index contributed by atoms with van der Waals surface area (Å²) in [5, 5.41) is 2.78. The maximum Gasteiger partial charge on any atom is 0.263 e. The Morgan fingerprint density at radius 2 is 1.75 bits per heavy atom. The normalized spacial score (nSPS) is 10.7. The SMILES string of the molecule is Cc1cccc(-c2sc(NC(=O)c3c(F)cccc3F)nc2C)c1. The van der Waals surface area contributed by atoms with Crippen LogP contribution in [0.3, 0.4) is 0 Å². The zero-order valence-electron chi connectivity index (χ0n) is 13.1. The molecule has 0 aliphatic carbocycles. The highest BCUT2D eigenvalue weighted by Crippen LogP contribution is 2.33. The van der Waals surface area contributed by atoms with E-state index in [1.807, 2.05) is 38.1 Å². The lowest BCUT2D eigenvalue weighted by Crippen LogP contribution is -2.15. The number of anilines is 1. The van der Waals surface area contributed by atoms with E-state index >= 15 is 0 Å². The van der Waals surface area contributed by atoms with Crippen LogP contribution in [0.5, 0.6) is 0 Å². The quantitative estimate of drug-likeness (QED) is 0.730. The third-order valence-electron chi connectivity index (χ3n) is 3.49. The highest BCUT2D eigenvalue weighted by molar-refractivity contribution is 7.19. The van der Waals surface area contributed by atoms with Gasteiger partial charge in [-0.2, -0.15) is 0 Å². The molecule has 1 amide bonds. The standard InChI is InChI=1S/C18H14F2N2OS/c1-10-5-3-6-12(9-10)16-11(2)21-18(24-16)22-17(23)15-13(19)7-4-8-14(15)20/h3-9H,1-2H3,(H,21,22,23). The molecule has 0 fully saturated rings. The van der Waals surface area contributed by atoms with Crippen molar-refractivity contribution in [1.82, 2.24) is 4.98 Å². The summed E-state index contributed by atoms with van der Waals surface area (Å²) in [4.78, 5) is 17.3. The van der Waals surface area contributed by atoms with Gasteiger partial charge in [-0.1, -0.05) is 47.2 Å². The lowest BCUT2D eigenvalue weighted by Gasteiger charge is -2.04. The first-order valence-electron chi connectivity index (χ1n) is 7.25. The number of hydrogen-bond acceptors (Lipinski definition) is 3. The molecule has 0 aliphatic heterocycles. The van der Waals surface area contributed by atoms with E-state index in [9.17, 15) is 13.6 Å². The van der Waals surface area contributed by atoms with Gasteiger partial charge in [-0.15, -0.1) is 0 Å². The number of nitrogens with zero attached hydrogens (tertiary/aromatic N) is 1. The first-order chi connectivity index (χ1) is 11.5. The molecule has 0 radical (unpaired) electrons. The van der Waals surface area contributed by atoms with Crippen molar-refractivity contribution in [3.8, 4) is 10.4 Å². The van der Waals surface area contributed by atoms with Crippen LogP contribution in [-0.2, 0) is 0 Å². The molecule has 1 heterocycles. The van der Waals surface area contributed by atoms with Crippen molar-refractivity contribution in [3.05, 3.63) is 70.9 Å². The predicted molar refractivity (Wildman–Crippen MR) is 91.3 cm³/mol. The summed E-state index contributed by atoms with van der Waals surface area (Å²) in [6.07, 6.45) is 0. The van der Waals surface area contributed by atoms with Crippen molar-refractivity contribution in [2.75, 3.05) is 5.32 Å². The topological polar surface area (TPSA) is 42.0 Å². The molecule has 0 aliphatic rings. The first kappa shape index (κ1) is 16.3. The van der Waals surface area contributed by atoms with Crippen LogP contribution in [0.4, 0.5) is 13.9 Å². The number of benzene rings is 2. The number of thiazole rings is 1. The van der Waals surface area contributed by atoms with E-state index in [0.717, 1.165) is 33.8 Å². The van der Waals surface area contributed by atoms with Crippen LogP contribution >= 0.6 is 11.3 Å². The minimum atomic E-state index is -0.903. The zero-order valence-corrected chi connectivity index (χ0v) is 13.9. The van der Waals surface area contributed by atoms with Crippen molar-refractivity contribution in [2.24, 2.45) is 0 Å². The number of rotatable bonds is 3. The van der Waals surface area contributed by atoms with Crippen LogP contribution in [-0.4, -0.2) is 10.9 Å². The van der Waals surface area contributed by atoms with Crippen molar-refractivity contribution >= 4 is 22.4 Å². The molecular formula is C18H14F2N2OS. The Bertz CT molecular complexity index is 901. The molecule has 0 bridgehead atoms. The molecule has 122 valence electrons. The maximum absolute atomic E-state index is 13.7. The number of hydrogen-bond donors (Lipinski definition) is 1. The van der Waals surface area contributed by atoms with Gasteiger partial charge in [0.25, 0.3) is 5.91 Å². The molecule has 0 spiro atoms. The first-order valence-corrected chi connectivity index (χ1v) is 8.07. The largest absolute Gasteiger partial charge is 0.298 e. The molecule has 3 rings (SSSR count). The lowest BCUT2D eigenvalue weighted by atomic mass is 10.1. The second-order valence-corrected chi connectivity index (χ2v) is 6.35. The molecule has 0 unspecified atom stereocenters. The van der Waals surface area contributed by atoms with E-state index < -0.39 is 23.1 Å². The fraction of sp³-hybridized carbons (Fsp3) is 0.111. The fourth-order valence-corrected chi connectivity index (χ4v) is 3.34. The van der Waals surface area contributed by atoms with Gasteiger partial charge in [-0.25, -0.2) is 13.8 Å². The number of nitrogens with one attached hydrogen (secondary N) is 1. The number of aryl methyl sites for hydroxylation is 2. The third kappa shape index (κ3) is 3.19. The monoisotopic (exact) mass is 344 g/mol. The zero-order chi connectivity index (χ0) is 17.3. The van der Waals surface area contributed by atoms with Crippen molar-refractivity contribution in [2.45, 2.75) is 13.8 Å². The molecule has 1 N–H and O–H groups in total. The molecular weight excluding hydrogens is 330 g/mol. The summed E-state index contributed by atoms with van der Waals surface area (Å²) < 4.78 is 27.4. The Morgan fingerprint density at radius 1 is 1.08 bits per heavy atom. The van der Waals surface area contributed by atoms with Crippen LogP contribution in [0.1, 0.15) is 21.6 Å². The van der Waals surface area contributed by atoms with Crippen LogP contribution in [0, 0.1) is 25.5 Å². The molecule has 2 aromatic carbocycles. The minimum Gasteiger partial charge on any atom is -0.298 e. The van der Waals surface area contributed by atoms with E-state index in [0.29, 0.717) is 5.13 Å². The van der Waals surface area contributed by atoms with Crippen LogP contribution in [0.15, 0.2) is 42.5 Å². The minimum absolute atomic E-state index is 0.302. The van der Waals surface area contributed by atoms with Gasteiger partial charge in [-0.3, -0.25) is 10.1 Å². The van der Waals surface area contributed by atoms with Gasteiger partial charge in [0.2, 0.25) is 0 Å². The van der Waals surface area contributed by atoms with E-state index in [1.165, 1.54) is 17.4 Å². The fourth-order valence-electron chi connectivity index (χ4n) is 2.38. The Morgan fingerprint density at radius 3 is 2.42 bits per heavy atom. The molecule has 0 saturated carbocycles. The Hall–Kier alpha value is -2.60. The second-order valence-electron chi connectivity index (χ2n) is 5.35. The summed E-state index contributed by atoms with van der Waals surface area (Å²) in [5.74, 6) is -2.66. The van der Waals surface area contributed by atoms with Gasteiger partial charge in [0.1, 0.15) is 17.2 Å². The summed E-state index contributed by atoms with van der Waals surface area (Å²) >= 11 is 1.27. The van der Waals surface area contributed by atoms with Gasteiger partial charge in [0.05, 0.1) is 10.6 Å². The molecule has 0 atom stereocenters. The predicted octanol–water partition coefficient (Wildman–Crippen LogP) is 4.96. The number of halogens is 2. The number of carbonyl (C=O) groups is 1. The van der Waals surface area contributed by atoms with E-state index in [4.69, 9.17) is 0 Å². The average Bonchev–Trinajstić information content (AvgIpc) is 2.87. The Labute approximate surface area is 142 Å². The van der Waals surface area contributed by atoms with E-state index in [-0.39, 0.29) is 0 Å². The molecule has 0 saturated heterocycles. The lowest BCUT2D eigenvalue weighted by molar-refractivity contribution is 0.101. The highest BCUT2D eigenvalue weighted by atomic mass is 32.1. The third-order valence-corrected chi connectivity index (χ3v) is 4.61. The van der Waals surface area contributed by atoms with Crippen LogP contribution in [0.2, 0.25) is 0 Å². The Kier molecular flexibility index (Phi) is 4.40. The smallest absolute Gasteiger partial charge is 0.263 e. The molecule has 6 heteroatoms. The molecule has 1 aromatic heterocycles. The number of aromatic nitrogens is 1. The van der Waals surface area contributed by atoms with Crippen LogP contribution < -0.4 is 5.32 Å². The molecule has 3 nitrogen and oxygen atoms in total. The average molecular weight is 344 g/mol. The second kappa shape index (κ2) is 6.49. The van der Waals surface area contributed by atoms with E-state index in [1.54, 1.807) is 0 Å². The van der Waals surface area contributed by atoms with Gasteiger partial charge in [0.15, 0.2) is 5.13 Å². The van der Waals surface area contributed by atoms with Gasteiger partial charge < -0.3 is 0 Å². The molecule has 24 heavy (non-hydrogen) atoms. The highest BCUT2D eigenvalue weighted by Gasteiger charge is 2.19. The van der Waals surface area contributed by atoms with Crippen LogP contribution in [0.25, 0.3) is 10.4 Å². The summed E-state index contributed by atoms with van der Waals surface area (Å²) in [6, 6.07) is 11.2. The molecule has 3 aromatic rings. The van der Waals surface area contributed by atoms with Gasteiger partial charge in [-0.05, 0) is 31.5 Å². The van der Waals surface area contributed by atoms with E-state index in [2.05, 4.69) is 10.3 Å². The Balaban J connectivity index is 1.90. The summed E-state index contributed by atoms with van der Waals surface area (Å²) in [6.45, 7) is 3.82. The summed E-state index contributed by atoms with van der Waals surface area (Å²) in [5.41, 5.74) is 2.24. The number of carbonyl (C=O) groups excluding carboxylic acids is 1.